The lowest BCUT2D eigenvalue weighted by molar-refractivity contribution is 0.409. The Morgan fingerprint density at radius 2 is 1.83 bits per heavy atom. The first-order valence-electron chi connectivity index (χ1n) is 5.16. The Morgan fingerprint density at radius 1 is 1.11 bits per heavy atom. The SMILES string of the molecule is COc1ccc(N)c(Oc2ccc(Cl)c(F)c2)c1. The number of hydrogen-bond donors (Lipinski definition) is 1. The smallest absolute Gasteiger partial charge is 0.153 e. The van der Waals surface area contributed by atoms with Crippen LogP contribution < -0.4 is 15.2 Å². The number of benzene rings is 2. The van der Waals surface area contributed by atoms with Gasteiger partial charge in [0.15, 0.2) is 5.75 Å². The van der Waals surface area contributed by atoms with Crippen molar-refractivity contribution >= 4 is 17.3 Å². The second kappa shape index (κ2) is 5.14. The van der Waals surface area contributed by atoms with Crippen LogP contribution in [0.25, 0.3) is 0 Å². The summed E-state index contributed by atoms with van der Waals surface area (Å²) in [6.45, 7) is 0. The summed E-state index contributed by atoms with van der Waals surface area (Å²) in [5.41, 5.74) is 6.20. The minimum Gasteiger partial charge on any atom is -0.497 e. The largest absolute Gasteiger partial charge is 0.497 e. The van der Waals surface area contributed by atoms with Crippen LogP contribution in [-0.2, 0) is 0 Å². The molecule has 0 aliphatic rings. The van der Waals surface area contributed by atoms with Crippen molar-refractivity contribution in [2.45, 2.75) is 0 Å². The number of nitrogen functional groups attached to an aromatic ring is 1. The topological polar surface area (TPSA) is 44.5 Å². The zero-order valence-corrected chi connectivity index (χ0v) is 10.4. The van der Waals surface area contributed by atoms with E-state index >= 15 is 0 Å². The van der Waals surface area contributed by atoms with Crippen LogP contribution in [0.15, 0.2) is 36.4 Å². The predicted octanol–water partition coefficient (Wildman–Crippen LogP) is 3.86. The average Bonchev–Trinajstić information content (AvgIpc) is 2.36. The molecule has 2 aromatic rings. The molecule has 0 aromatic heterocycles. The van der Waals surface area contributed by atoms with Crippen molar-refractivity contribution in [3.8, 4) is 17.2 Å². The summed E-state index contributed by atoms with van der Waals surface area (Å²) in [6, 6.07) is 9.17. The number of anilines is 1. The fourth-order valence-corrected chi connectivity index (χ4v) is 1.51. The van der Waals surface area contributed by atoms with Crippen molar-refractivity contribution in [1.29, 1.82) is 0 Å². The number of ether oxygens (including phenoxy) is 2. The van der Waals surface area contributed by atoms with Crippen molar-refractivity contribution in [1.82, 2.24) is 0 Å². The van der Waals surface area contributed by atoms with Crippen LogP contribution in [0.1, 0.15) is 0 Å². The number of nitrogens with two attached hydrogens (primary N) is 1. The van der Waals surface area contributed by atoms with Gasteiger partial charge in [-0.15, -0.1) is 0 Å². The Bertz CT molecular complexity index is 575. The van der Waals surface area contributed by atoms with Crippen molar-refractivity contribution < 1.29 is 13.9 Å². The van der Waals surface area contributed by atoms with Crippen LogP contribution in [0.3, 0.4) is 0 Å². The molecular formula is C13H11ClFNO2. The molecule has 0 radical (unpaired) electrons. The van der Waals surface area contributed by atoms with Gasteiger partial charge in [0, 0.05) is 12.1 Å². The summed E-state index contributed by atoms with van der Waals surface area (Å²) >= 11 is 5.59. The van der Waals surface area contributed by atoms with Crippen molar-refractivity contribution in [2.24, 2.45) is 0 Å². The molecule has 3 nitrogen and oxygen atoms in total. The first-order chi connectivity index (χ1) is 8.60. The molecule has 0 atom stereocenters. The lowest BCUT2D eigenvalue weighted by Crippen LogP contribution is -1.93. The molecule has 0 amide bonds. The normalized spacial score (nSPS) is 10.2. The van der Waals surface area contributed by atoms with E-state index in [1.807, 2.05) is 0 Å². The minimum absolute atomic E-state index is 0.0426. The molecular weight excluding hydrogens is 257 g/mol. The Hall–Kier alpha value is -1.94. The third-order valence-electron chi connectivity index (χ3n) is 2.34. The lowest BCUT2D eigenvalue weighted by atomic mass is 10.2. The summed E-state index contributed by atoms with van der Waals surface area (Å²) < 4.78 is 23.8. The van der Waals surface area contributed by atoms with E-state index < -0.39 is 5.82 Å². The van der Waals surface area contributed by atoms with E-state index in [0.29, 0.717) is 22.9 Å². The first-order valence-corrected chi connectivity index (χ1v) is 5.54. The average molecular weight is 268 g/mol. The zero-order valence-electron chi connectivity index (χ0n) is 9.61. The Morgan fingerprint density at radius 3 is 2.50 bits per heavy atom. The number of hydrogen-bond acceptors (Lipinski definition) is 3. The van der Waals surface area contributed by atoms with Gasteiger partial charge in [-0.25, -0.2) is 4.39 Å². The van der Waals surface area contributed by atoms with Crippen LogP contribution in [0, 0.1) is 5.82 Å². The predicted molar refractivity (Wildman–Crippen MR) is 68.9 cm³/mol. The summed E-state index contributed by atoms with van der Waals surface area (Å²) in [5, 5.41) is 0.0426. The lowest BCUT2D eigenvalue weighted by Gasteiger charge is -2.10. The van der Waals surface area contributed by atoms with Crippen molar-refractivity contribution in [3.63, 3.8) is 0 Å². The second-order valence-electron chi connectivity index (χ2n) is 3.58. The van der Waals surface area contributed by atoms with Crippen molar-refractivity contribution in [2.75, 3.05) is 12.8 Å². The van der Waals surface area contributed by atoms with Gasteiger partial charge in [0.1, 0.15) is 17.3 Å². The summed E-state index contributed by atoms with van der Waals surface area (Å²) in [6.07, 6.45) is 0. The van der Waals surface area contributed by atoms with Gasteiger partial charge < -0.3 is 15.2 Å². The summed E-state index contributed by atoms with van der Waals surface area (Å²) in [7, 11) is 1.54. The van der Waals surface area contributed by atoms with E-state index in [1.165, 1.54) is 19.2 Å². The maximum Gasteiger partial charge on any atom is 0.153 e. The van der Waals surface area contributed by atoms with Crippen LogP contribution in [0.2, 0.25) is 5.02 Å². The second-order valence-corrected chi connectivity index (χ2v) is 3.99. The molecule has 0 spiro atoms. The maximum absolute atomic E-state index is 13.3. The van der Waals surface area contributed by atoms with Crippen LogP contribution >= 0.6 is 11.6 Å². The minimum atomic E-state index is -0.546. The first kappa shape index (κ1) is 12.5. The van der Waals surface area contributed by atoms with Gasteiger partial charge in [-0.05, 0) is 24.3 Å². The maximum atomic E-state index is 13.3. The van der Waals surface area contributed by atoms with Gasteiger partial charge in [0.2, 0.25) is 0 Å². The van der Waals surface area contributed by atoms with Crippen LogP contribution in [0.5, 0.6) is 17.2 Å². The molecule has 2 N–H and O–H groups in total. The molecule has 0 saturated carbocycles. The molecule has 0 saturated heterocycles. The Balaban J connectivity index is 2.30. The molecule has 5 heteroatoms. The van der Waals surface area contributed by atoms with E-state index in [4.69, 9.17) is 26.8 Å². The quantitative estimate of drug-likeness (QED) is 0.859. The standard InChI is InChI=1S/C13H11ClFNO2/c1-17-8-3-5-12(16)13(7-8)18-9-2-4-10(14)11(15)6-9/h2-7H,16H2,1H3. The Kier molecular flexibility index (Phi) is 3.58. The number of halogens is 2. The van der Waals surface area contributed by atoms with Crippen LogP contribution in [0.4, 0.5) is 10.1 Å². The van der Waals surface area contributed by atoms with Gasteiger partial charge in [0.05, 0.1) is 17.8 Å². The molecule has 0 heterocycles. The molecule has 18 heavy (non-hydrogen) atoms. The van der Waals surface area contributed by atoms with Gasteiger partial charge in [-0.1, -0.05) is 11.6 Å². The number of methoxy groups -OCH3 is 1. The molecule has 2 rings (SSSR count). The van der Waals surface area contributed by atoms with E-state index in [1.54, 1.807) is 24.3 Å². The summed E-state index contributed by atoms with van der Waals surface area (Å²) in [4.78, 5) is 0. The zero-order chi connectivity index (χ0) is 13.1. The highest BCUT2D eigenvalue weighted by atomic mass is 35.5. The molecule has 0 unspecified atom stereocenters. The third-order valence-corrected chi connectivity index (χ3v) is 2.65. The Labute approximate surface area is 109 Å². The fourth-order valence-electron chi connectivity index (χ4n) is 1.40. The van der Waals surface area contributed by atoms with E-state index in [9.17, 15) is 4.39 Å². The van der Waals surface area contributed by atoms with E-state index in [-0.39, 0.29) is 5.02 Å². The molecule has 0 aliphatic heterocycles. The van der Waals surface area contributed by atoms with Gasteiger partial charge >= 0.3 is 0 Å². The molecule has 2 aromatic carbocycles. The number of rotatable bonds is 3. The molecule has 0 fully saturated rings. The highest BCUT2D eigenvalue weighted by Gasteiger charge is 2.07. The third kappa shape index (κ3) is 2.65. The van der Waals surface area contributed by atoms with E-state index in [2.05, 4.69) is 0 Å². The van der Waals surface area contributed by atoms with E-state index in [0.717, 1.165) is 0 Å². The fraction of sp³-hybridized carbons (Fsp3) is 0.0769. The van der Waals surface area contributed by atoms with Gasteiger partial charge in [-0.2, -0.15) is 0 Å². The monoisotopic (exact) mass is 267 g/mol. The molecule has 0 aliphatic carbocycles. The molecule has 0 bridgehead atoms. The van der Waals surface area contributed by atoms with Crippen molar-refractivity contribution in [3.05, 3.63) is 47.2 Å². The highest BCUT2D eigenvalue weighted by molar-refractivity contribution is 6.30. The summed E-state index contributed by atoms with van der Waals surface area (Å²) in [5.74, 6) is 0.775. The van der Waals surface area contributed by atoms with Gasteiger partial charge in [0.25, 0.3) is 0 Å². The molecule has 94 valence electrons. The highest BCUT2D eigenvalue weighted by Crippen LogP contribution is 2.32. The van der Waals surface area contributed by atoms with Crippen LogP contribution in [-0.4, -0.2) is 7.11 Å². The van der Waals surface area contributed by atoms with Gasteiger partial charge in [-0.3, -0.25) is 0 Å².